The molecule has 1 fully saturated rings. The van der Waals surface area contributed by atoms with Gasteiger partial charge in [-0.15, -0.1) is 11.3 Å². The molecule has 0 bridgehead atoms. The summed E-state index contributed by atoms with van der Waals surface area (Å²) in [5.74, 6) is -0.473. The van der Waals surface area contributed by atoms with Gasteiger partial charge < -0.3 is 5.32 Å². The van der Waals surface area contributed by atoms with E-state index in [1.54, 1.807) is 11.3 Å². The van der Waals surface area contributed by atoms with Gasteiger partial charge in [0, 0.05) is 17.0 Å². The van der Waals surface area contributed by atoms with E-state index < -0.39 is 0 Å². The summed E-state index contributed by atoms with van der Waals surface area (Å²) in [5.41, 5.74) is 0.497. The molecule has 128 valence electrons. The number of carbonyl (C=O) groups excluding carboxylic acids is 1. The van der Waals surface area contributed by atoms with Crippen LogP contribution in [0.4, 0.5) is 4.39 Å². The zero-order valence-electron chi connectivity index (χ0n) is 13.7. The van der Waals surface area contributed by atoms with Crippen LogP contribution in [0.25, 0.3) is 0 Å². The molecule has 1 aliphatic rings. The van der Waals surface area contributed by atoms with E-state index in [1.165, 1.54) is 54.8 Å². The van der Waals surface area contributed by atoms with Gasteiger partial charge in [0.15, 0.2) is 0 Å². The van der Waals surface area contributed by atoms with Gasteiger partial charge in [-0.05, 0) is 61.6 Å². The minimum Gasteiger partial charge on any atom is -0.350 e. The predicted molar refractivity (Wildman–Crippen MR) is 95.8 cm³/mol. The van der Waals surface area contributed by atoms with Gasteiger partial charge in [-0.1, -0.05) is 18.9 Å². The molecule has 1 amide bonds. The molecule has 1 aromatic carbocycles. The zero-order valence-corrected chi connectivity index (χ0v) is 14.5. The molecule has 1 aromatic heterocycles. The highest BCUT2D eigenvalue weighted by Gasteiger charge is 2.23. The lowest BCUT2D eigenvalue weighted by molar-refractivity contribution is 0.0934. The summed E-state index contributed by atoms with van der Waals surface area (Å²) in [7, 11) is 0. The van der Waals surface area contributed by atoms with Gasteiger partial charge in [0.25, 0.3) is 5.91 Å². The number of amides is 1. The molecule has 0 spiro atoms. The summed E-state index contributed by atoms with van der Waals surface area (Å²) in [4.78, 5) is 16.1. The van der Waals surface area contributed by atoms with Crippen molar-refractivity contribution in [2.24, 2.45) is 0 Å². The van der Waals surface area contributed by atoms with Crippen LogP contribution in [0.1, 0.15) is 47.0 Å². The number of carbonyl (C=O) groups is 1. The first-order chi connectivity index (χ1) is 11.7. The molecule has 0 radical (unpaired) electrons. The van der Waals surface area contributed by atoms with E-state index in [4.69, 9.17) is 0 Å². The topological polar surface area (TPSA) is 32.3 Å². The molecule has 2 heterocycles. The number of benzene rings is 1. The Hall–Kier alpha value is -1.72. The maximum atomic E-state index is 13.0. The molecule has 0 saturated carbocycles. The Morgan fingerprint density at radius 2 is 1.83 bits per heavy atom. The van der Waals surface area contributed by atoms with Crippen LogP contribution in [0.15, 0.2) is 41.8 Å². The minimum absolute atomic E-state index is 0.147. The lowest BCUT2D eigenvalue weighted by atomic mass is 10.1. The Morgan fingerprint density at radius 1 is 1.12 bits per heavy atom. The normalized spacial score (nSPS) is 17.2. The van der Waals surface area contributed by atoms with E-state index in [0.29, 0.717) is 12.1 Å². The average molecular weight is 346 g/mol. The Kier molecular flexibility index (Phi) is 5.99. The Labute approximate surface area is 146 Å². The molecular weight excluding hydrogens is 323 g/mol. The number of rotatable bonds is 5. The molecule has 1 unspecified atom stereocenters. The smallest absolute Gasteiger partial charge is 0.251 e. The average Bonchev–Trinajstić information content (AvgIpc) is 2.98. The highest BCUT2D eigenvalue weighted by molar-refractivity contribution is 7.10. The molecule has 3 nitrogen and oxygen atoms in total. The fourth-order valence-electron chi connectivity index (χ4n) is 3.19. The first kappa shape index (κ1) is 17.1. The van der Waals surface area contributed by atoms with Crippen molar-refractivity contribution in [3.8, 4) is 0 Å². The lowest BCUT2D eigenvalue weighted by Gasteiger charge is -2.30. The molecule has 1 N–H and O–H groups in total. The molecule has 1 atom stereocenters. The Bertz CT molecular complexity index is 634. The first-order valence-electron chi connectivity index (χ1n) is 8.55. The molecule has 5 heteroatoms. The fraction of sp³-hybridized carbons (Fsp3) is 0.421. The van der Waals surface area contributed by atoms with Crippen LogP contribution < -0.4 is 5.32 Å². The summed E-state index contributed by atoms with van der Waals surface area (Å²) < 4.78 is 13.0. The maximum absolute atomic E-state index is 13.0. The number of nitrogens with one attached hydrogen (secondary N) is 1. The number of hydrogen-bond donors (Lipinski definition) is 1. The molecule has 3 rings (SSSR count). The summed E-state index contributed by atoms with van der Waals surface area (Å²) in [6.45, 7) is 2.74. The highest BCUT2D eigenvalue weighted by atomic mass is 32.1. The maximum Gasteiger partial charge on any atom is 0.251 e. The van der Waals surface area contributed by atoms with Gasteiger partial charge >= 0.3 is 0 Å². The zero-order chi connectivity index (χ0) is 16.8. The van der Waals surface area contributed by atoms with Crippen molar-refractivity contribution in [3.05, 3.63) is 58.0 Å². The van der Waals surface area contributed by atoms with Crippen LogP contribution >= 0.6 is 11.3 Å². The van der Waals surface area contributed by atoms with Crippen LogP contribution in [-0.4, -0.2) is 30.4 Å². The SMILES string of the molecule is O=C(NCC(c1cccs1)N1CCCCCC1)c1ccc(F)cc1. The van der Waals surface area contributed by atoms with Crippen molar-refractivity contribution in [2.75, 3.05) is 19.6 Å². The summed E-state index contributed by atoms with van der Waals surface area (Å²) in [6, 6.07) is 10.1. The number of likely N-dealkylation sites (tertiary alicyclic amines) is 1. The number of halogens is 1. The van der Waals surface area contributed by atoms with Crippen molar-refractivity contribution in [1.82, 2.24) is 10.2 Å². The molecular formula is C19H23FN2OS. The second-order valence-electron chi connectivity index (χ2n) is 6.20. The van der Waals surface area contributed by atoms with Gasteiger partial charge in [-0.3, -0.25) is 9.69 Å². The summed E-state index contributed by atoms with van der Waals surface area (Å²) >= 11 is 1.74. The molecule has 1 aliphatic heterocycles. The van der Waals surface area contributed by atoms with Gasteiger partial charge in [0.1, 0.15) is 5.82 Å². The fourth-order valence-corrected chi connectivity index (χ4v) is 4.05. The molecule has 24 heavy (non-hydrogen) atoms. The van der Waals surface area contributed by atoms with Crippen molar-refractivity contribution < 1.29 is 9.18 Å². The van der Waals surface area contributed by atoms with Crippen molar-refractivity contribution in [1.29, 1.82) is 0 Å². The Morgan fingerprint density at radius 3 is 2.46 bits per heavy atom. The highest BCUT2D eigenvalue weighted by Crippen LogP contribution is 2.27. The summed E-state index contributed by atoms with van der Waals surface area (Å²) in [5, 5.41) is 5.11. The second kappa shape index (κ2) is 8.40. The van der Waals surface area contributed by atoms with Crippen LogP contribution in [-0.2, 0) is 0 Å². The van der Waals surface area contributed by atoms with E-state index in [0.717, 1.165) is 13.1 Å². The minimum atomic E-state index is -0.326. The van der Waals surface area contributed by atoms with E-state index >= 15 is 0 Å². The van der Waals surface area contributed by atoms with Gasteiger partial charge in [0.05, 0.1) is 6.04 Å². The standard InChI is InChI=1S/C19H23FN2OS/c20-16-9-7-15(8-10-16)19(23)21-14-17(18-6-5-13-24-18)22-11-3-1-2-4-12-22/h5-10,13,17H,1-4,11-12,14H2,(H,21,23). The number of hydrogen-bond acceptors (Lipinski definition) is 3. The predicted octanol–water partition coefficient (Wildman–Crippen LogP) is 4.23. The van der Waals surface area contributed by atoms with Crippen molar-refractivity contribution >= 4 is 17.2 Å². The molecule has 2 aromatic rings. The number of thiophene rings is 1. The van der Waals surface area contributed by atoms with Gasteiger partial charge in [-0.2, -0.15) is 0 Å². The third kappa shape index (κ3) is 4.42. The van der Waals surface area contributed by atoms with E-state index in [9.17, 15) is 9.18 Å². The van der Waals surface area contributed by atoms with Crippen LogP contribution in [0.2, 0.25) is 0 Å². The van der Waals surface area contributed by atoms with E-state index in [2.05, 4.69) is 27.7 Å². The lowest BCUT2D eigenvalue weighted by Crippen LogP contribution is -2.38. The second-order valence-corrected chi connectivity index (χ2v) is 7.18. The van der Waals surface area contributed by atoms with Gasteiger partial charge in [-0.25, -0.2) is 4.39 Å². The van der Waals surface area contributed by atoms with Gasteiger partial charge in [0.2, 0.25) is 0 Å². The third-order valence-electron chi connectivity index (χ3n) is 4.52. The first-order valence-corrected chi connectivity index (χ1v) is 9.43. The van der Waals surface area contributed by atoms with Crippen molar-refractivity contribution in [3.63, 3.8) is 0 Å². The third-order valence-corrected chi connectivity index (χ3v) is 5.49. The molecule has 0 aliphatic carbocycles. The van der Waals surface area contributed by atoms with Crippen LogP contribution in [0.5, 0.6) is 0 Å². The number of nitrogens with zero attached hydrogens (tertiary/aromatic N) is 1. The quantitative estimate of drug-likeness (QED) is 0.878. The summed E-state index contributed by atoms with van der Waals surface area (Å²) in [6.07, 6.45) is 5.01. The largest absolute Gasteiger partial charge is 0.350 e. The van der Waals surface area contributed by atoms with E-state index in [-0.39, 0.29) is 17.8 Å². The monoisotopic (exact) mass is 346 g/mol. The van der Waals surface area contributed by atoms with Crippen LogP contribution in [0.3, 0.4) is 0 Å². The van der Waals surface area contributed by atoms with Crippen molar-refractivity contribution in [2.45, 2.75) is 31.7 Å². The van der Waals surface area contributed by atoms with Crippen LogP contribution in [0, 0.1) is 5.82 Å². The van der Waals surface area contributed by atoms with E-state index in [1.807, 2.05) is 0 Å². The molecule has 1 saturated heterocycles. The Balaban J connectivity index is 1.67.